The summed E-state index contributed by atoms with van der Waals surface area (Å²) in [7, 11) is 0. The molecular formula is C18H26ClFN2O3. The number of amides is 1. The van der Waals surface area contributed by atoms with Crippen LogP contribution in [0.1, 0.15) is 50.6 Å². The molecule has 1 saturated carbocycles. The molecule has 0 heterocycles. The van der Waals surface area contributed by atoms with Crippen molar-refractivity contribution in [2.45, 2.75) is 51.1 Å². The van der Waals surface area contributed by atoms with Crippen LogP contribution in [-0.2, 0) is 14.3 Å². The van der Waals surface area contributed by atoms with Gasteiger partial charge in [-0.2, -0.15) is 0 Å². The minimum atomic E-state index is -0.533. The second kappa shape index (κ2) is 10.4. The first-order valence-electron chi connectivity index (χ1n) is 8.45. The minimum Gasteiger partial charge on any atom is -0.466 e. The molecule has 1 aromatic carbocycles. The molecule has 0 aliphatic heterocycles. The van der Waals surface area contributed by atoms with E-state index in [4.69, 9.17) is 10.5 Å². The Labute approximate surface area is 153 Å². The van der Waals surface area contributed by atoms with E-state index in [0.29, 0.717) is 12.0 Å². The van der Waals surface area contributed by atoms with Crippen molar-refractivity contribution >= 4 is 24.3 Å². The van der Waals surface area contributed by atoms with Crippen LogP contribution < -0.4 is 11.1 Å². The van der Waals surface area contributed by atoms with Gasteiger partial charge in [0.25, 0.3) is 0 Å². The third kappa shape index (κ3) is 6.63. The van der Waals surface area contributed by atoms with Crippen LogP contribution >= 0.6 is 12.4 Å². The Kier molecular flexibility index (Phi) is 8.86. The fourth-order valence-corrected chi connectivity index (χ4v) is 3.14. The van der Waals surface area contributed by atoms with E-state index < -0.39 is 12.0 Å². The van der Waals surface area contributed by atoms with Crippen LogP contribution in [0, 0.1) is 11.7 Å². The molecule has 1 aliphatic rings. The number of ether oxygens (including phenoxy) is 1. The molecule has 0 radical (unpaired) electrons. The third-order valence-corrected chi connectivity index (χ3v) is 4.45. The van der Waals surface area contributed by atoms with E-state index in [1.54, 1.807) is 19.1 Å². The Morgan fingerprint density at radius 1 is 1.32 bits per heavy atom. The number of esters is 1. The summed E-state index contributed by atoms with van der Waals surface area (Å²) in [5.41, 5.74) is 6.68. The highest BCUT2D eigenvalue weighted by atomic mass is 35.5. The van der Waals surface area contributed by atoms with Gasteiger partial charge < -0.3 is 15.8 Å². The molecule has 1 amide bonds. The molecule has 1 aromatic rings. The zero-order chi connectivity index (χ0) is 17.5. The number of rotatable bonds is 7. The van der Waals surface area contributed by atoms with E-state index in [-0.39, 0.29) is 49.1 Å². The van der Waals surface area contributed by atoms with E-state index in [9.17, 15) is 14.0 Å². The number of hydrogen-bond acceptors (Lipinski definition) is 4. The number of benzene rings is 1. The molecule has 1 unspecified atom stereocenters. The van der Waals surface area contributed by atoms with Gasteiger partial charge in [-0.1, -0.05) is 18.6 Å². The zero-order valence-electron chi connectivity index (χ0n) is 14.4. The maximum absolute atomic E-state index is 13.1. The zero-order valence-corrected chi connectivity index (χ0v) is 15.2. The smallest absolute Gasteiger partial charge is 0.308 e. The van der Waals surface area contributed by atoms with Crippen molar-refractivity contribution < 1.29 is 18.7 Å². The van der Waals surface area contributed by atoms with Gasteiger partial charge in [0.2, 0.25) is 5.91 Å². The van der Waals surface area contributed by atoms with Crippen LogP contribution in [-0.4, -0.2) is 24.5 Å². The Morgan fingerprint density at radius 3 is 2.56 bits per heavy atom. The number of nitrogens with one attached hydrogen (secondary N) is 1. The first kappa shape index (κ1) is 21.4. The molecule has 0 spiro atoms. The number of carbonyl (C=O) groups is 2. The second-order valence-corrected chi connectivity index (χ2v) is 6.24. The summed E-state index contributed by atoms with van der Waals surface area (Å²) in [6, 6.07) is 5.29. The molecule has 1 fully saturated rings. The largest absolute Gasteiger partial charge is 0.466 e. The summed E-state index contributed by atoms with van der Waals surface area (Å²) in [6.07, 6.45) is 3.31. The van der Waals surface area contributed by atoms with Crippen molar-refractivity contribution in [3.63, 3.8) is 0 Å². The predicted molar refractivity (Wildman–Crippen MR) is 95.7 cm³/mol. The summed E-state index contributed by atoms with van der Waals surface area (Å²) in [5.74, 6) is -0.723. The number of hydrogen-bond donors (Lipinski definition) is 2. The molecular weight excluding hydrogens is 347 g/mol. The quantitative estimate of drug-likeness (QED) is 0.721. The average Bonchev–Trinajstić information content (AvgIpc) is 2.92. The van der Waals surface area contributed by atoms with E-state index in [0.717, 1.165) is 19.3 Å². The molecule has 5 nitrogen and oxygen atoms in total. The number of carbonyl (C=O) groups excluding carboxylic acids is 2. The second-order valence-electron chi connectivity index (χ2n) is 6.24. The monoisotopic (exact) mass is 372 g/mol. The summed E-state index contributed by atoms with van der Waals surface area (Å²) in [4.78, 5) is 24.1. The highest BCUT2D eigenvalue weighted by Gasteiger charge is 2.27. The fraction of sp³-hybridized carbons (Fsp3) is 0.556. The van der Waals surface area contributed by atoms with Gasteiger partial charge in [0, 0.05) is 12.5 Å². The van der Waals surface area contributed by atoms with Gasteiger partial charge in [0.1, 0.15) is 5.82 Å². The summed E-state index contributed by atoms with van der Waals surface area (Å²) < 4.78 is 18.1. The Morgan fingerprint density at radius 2 is 2.00 bits per heavy atom. The molecule has 0 bridgehead atoms. The molecule has 3 N–H and O–H groups in total. The van der Waals surface area contributed by atoms with E-state index in [2.05, 4.69) is 5.32 Å². The Balaban J connectivity index is 0.00000312. The molecule has 2 rings (SSSR count). The maximum atomic E-state index is 13.1. The highest BCUT2D eigenvalue weighted by Crippen LogP contribution is 2.27. The summed E-state index contributed by atoms with van der Waals surface area (Å²) in [5, 5.41) is 2.87. The van der Waals surface area contributed by atoms with Gasteiger partial charge in [-0.3, -0.25) is 9.59 Å². The standard InChI is InChI=1S/C18H25FN2O3.ClH/c1-2-24-18(23)11-16(12-6-8-14(19)9-7-12)21-17(22)10-13-4-3-5-15(13)20;/h6-9,13,15-16H,2-5,10-11,20H2,1H3,(H,21,22);1H/t13-,15+,16?;/m0./s1. The summed E-state index contributed by atoms with van der Waals surface area (Å²) in [6.45, 7) is 2.00. The van der Waals surface area contributed by atoms with Crippen molar-refractivity contribution in [1.29, 1.82) is 0 Å². The average molecular weight is 373 g/mol. The van der Waals surface area contributed by atoms with Crippen LogP contribution in [0.3, 0.4) is 0 Å². The first-order chi connectivity index (χ1) is 11.5. The molecule has 0 saturated heterocycles. The van der Waals surface area contributed by atoms with Gasteiger partial charge >= 0.3 is 5.97 Å². The van der Waals surface area contributed by atoms with Crippen molar-refractivity contribution in [2.75, 3.05) is 6.61 Å². The lowest BCUT2D eigenvalue weighted by molar-refractivity contribution is -0.143. The van der Waals surface area contributed by atoms with Crippen molar-refractivity contribution in [2.24, 2.45) is 11.7 Å². The molecule has 140 valence electrons. The van der Waals surface area contributed by atoms with Gasteiger partial charge in [-0.05, 0) is 43.4 Å². The SMILES string of the molecule is CCOC(=O)CC(NC(=O)C[C@@H]1CCC[C@H]1N)c1ccc(F)cc1.Cl. The van der Waals surface area contributed by atoms with Gasteiger partial charge in [0.15, 0.2) is 0 Å². The molecule has 0 aromatic heterocycles. The predicted octanol–water partition coefficient (Wildman–Crippen LogP) is 2.88. The minimum absolute atomic E-state index is 0. The van der Waals surface area contributed by atoms with E-state index in [1.165, 1.54) is 12.1 Å². The van der Waals surface area contributed by atoms with Gasteiger partial charge in [0.05, 0.1) is 19.1 Å². The van der Waals surface area contributed by atoms with Crippen LogP contribution in [0.25, 0.3) is 0 Å². The first-order valence-corrected chi connectivity index (χ1v) is 8.45. The number of nitrogens with two attached hydrogens (primary N) is 1. The topological polar surface area (TPSA) is 81.4 Å². The normalized spacial score (nSPS) is 20.4. The van der Waals surface area contributed by atoms with Crippen LogP contribution in [0.4, 0.5) is 4.39 Å². The summed E-state index contributed by atoms with van der Waals surface area (Å²) >= 11 is 0. The van der Waals surface area contributed by atoms with Crippen molar-refractivity contribution in [1.82, 2.24) is 5.32 Å². The Bertz CT molecular complexity index is 568. The molecule has 1 aliphatic carbocycles. The molecule has 7 heteroatoms. The van der Waals surface area contributed by atoms with Crippen LogP contribution in [0.15, 0.2) is 24.3 Å². The number of halogens is 2. The van der Waals surface area contributed by atoms with E-state index >= 15 is 0 Å². The lowest BCUT2D eigenvalue weighted by Crippen LogP contribution is -2.34. The maximum Gasteiger partial charge on any atom is 0.308 e. The van der Waals surface area contributed by atoms with Crippen LogP contribution in [0.5, 0.6) is 0 Å². The lowest BCUT2D eigenvalue weighted by Gasteiger charge is -2.21. The molecule has 3 atom stereocenters. The molecule has 25 heavy (non-hydrogen) atoms. The third-order valence-electron chi connectivity index (χ3n) is 4.45. The van der Waals surface area contributed by atoms with Crippen molar-refractivity contribution in [3.05, 3.63) is 35.6 Å². The lowest BCUT2D eigenvalue weighted by atomic mass is 9.98. The Hall–Kier alpha value is -1.66. The fourth-order valence-electron chi connectivity index (χ4n) is 3.14. The van der Waals surface area contributed by atoms with Crippen LogP contribution in [0.2, 0.25) is 0 Å². The van der Waals surface area contributed by atoms with Gasteiger partial charge in [-0.15, -0.1) is 12.4 Å². The van der Waals surface area contributed by atoms with Crippen molar-refractivity contribution in [3.8, 4) is 0 Å². The van der Waals surface area contributed by atoms with Gasteiger partial charge in [-0.25, -0.2) is 4.39 Å². The van der Waals surface area contributed by atoms with E-state index in [1.807, 2.05) is 0 Å². The highest BCUT2D eigenvalue weighted by molar-refractivity contribution is 5.85.